The van der Waals surface area contributed by atoms with Gasteiger partial charge in [0.05, 0.1) is 0 Å². The van der Waals surface area contributed by atoms with Gasteiger partial charge in [0.25, 0.3) is 0 Å². The smallest absolute Gasteiger partial charge is 0.0125 e. The minimum absolute atomic E-state index is 0.354. The third-order valence-electron chi connectivity index (χ3n) is 7.31. The molecule has 0 aromatic rings. The van der Waals surface area contributed by atoms with E-state index in [0.29, 0.717) is 16.5 Å². The monoisotopic (exact) mass is 349 g/mol. The molecule has 0 saturated carbocycles. The maximum Gasteiger partial charge on any atom is 0.0125 e. The Kier molecular flexibility index (Phi) is 5.60. The molecule has 3 rings (SSSR count). The Morgan fingerprint density at radius 1 is 0.760 bits per heavy atom. The van der Waals surface area contributed by atoms with E-state index in [1.165, 1.54) is 77.9 Å². The third-order valence-corrected chi connectivity index (χ3v) is 7.31. The van der Waals surface area contributed by atoms with Crippen molar-refractivity contribution in [2.45, 2.75) is 84.7 Å². The first-order chi connectivity index (χ1) is 11.6. The summed E-state index contributed by atoms with van der Waals surface area (Å²) in [5.41, 5.74) is 1.39. The molecule has 3 aliphatic heterocycles. The second-order valence-electron chi connectivity index (χ2n) is 11.3. The van der Waals surface area contributed by atoms with E-state index < -0.39 is 0 Å². The second-order valence-corrected chi connectivity index (χ2v) is 11.3. The SMILES string of the molecule is CC(C)(C)N1CCC(CCN2CC3(CCN(C(C)(C)C)CC3)C2)CC1. The lowest BCUT2D eigenvalue weighted by molar-refractivity contribution is -0.0642. The minimum atomic E-state index is 0.354. The predicted octanol–water partition coefficient (Wildman–Crippen LogP) is 4.08. The van der Waals surface area contributed by atoms with Crippen molar-refractivity contribution in [3.8, 4) is 0 Å². The molecular formula is C22H43N3. The molecule has 3 saturated heterocycles. The lowest BCUT2D eigenvalue weighted by Crippen LogP contribution is -2.62. The molecule has 0 aliphatic carbocycles. The molecule has 146 valence electrons. The quantitative estimate of drug-likeness (QED) is 0.760. The van der Waals surface area contributed by atoms with Gasteiger partial charge in [0.2, 0.25) is 0 Å². The Morgan fingerprint density at radius 3 is 1.72 bits per heavy atom. The highest BCUT2D eigenvalue weighted by Crippen LogP contribution is 2.42. The molecule has 0 unspecified atom stereocenters. The van der Waals surface area contributed by atoms with Crippen molar-refractivity contribution in [1.29, 1.82) is 0 Å². The molecule has 0 aromatic carbocycles. The molecule has 1 spiro atoms. The molecule has 3 aliphatic rings. The van der Waals surface area contributed by atoms with E-state index in [4.69, 9.17) is 0 Å². The highest BCUT2D eigenvalue weighted by Gasteiger charge is 2.45. The summed E-state index contributed by atoms with van der Waals surface area (Å²) >= 11 is 0. The summed E-state index contributed by atoms with van der Waals surface area (Å²) in [6.07, 6.45) is 7.10. The Hall–Kier alpha value is -0.120. The van der Waals surface area contributed by atoms with E-state index in [1.54, 1.807) is 0 Å². The summed E-state index contributed by atoms with van der Waals surface area (Å²) in [7, 11) is 0. The van der Waals surface area contributed by atoms with Crippen molar-refractivity contribution in [2.24, 2.45) is 11.3 Å². The first-order valence-corrected chi connectivity index (χ1v) is 10.8. The van der Waals surface area contributed by atoms with Crippen molar-refractivity contribution in [2.75, 3.05) is 45.8 Å². The Morgan fingerprint density at radius 2 is 1.24 bits per heavy atom. The van der Waals surface area contributed by atoms with Gasteiger partial charge in [0.15, 0.2) is 0 Å². The van der Waals surface area contributed by atoms with E-state index in [1.807, 2.05) is 0 Å². The molecule has 3 nitrogen and oxygen atoms in total. The van der Waals surface area contributed by atoms with Crippen LogP contribution in [0.1, 0.15) is 73.6 Å². The van der Waals surface area contributed by atoms with Crippen LogP contribution >= 0.6 is 0 Å². The number of hydrogen-bond acceptors (Lipinski definition) is 3. The fourth-order valence-electron chi connectivity index (χ4n) is 5.29. The van der Waals surface area contributed by atoms with Crippen LogP contribution in [0, 0.1) is 11.3 Å². The molecule has 0 N–H and O–H groups in total. The second kappa shape index (κ2) is 7.13. The molecule has 0 bridgehead atoms. The van der Waals surface area contributed by atoms with E-state index in [2.05, 4.69) is 56.2 Å². The standard InChI is InChI=1S/C22H43N3/c1-20(2,3)24-13-8-19(9-14-24)7-12-23-17-22(18-23)10-15-25(16-11-22)21(4,5)6/h19H,7-18H2,1-6H3. The largest absolute Gasteiger partial charge is 0.302 e. The van der Waals surface area contributed by atoms with Gasteiger partial charge < -0.3 is 4.90 Å². The number of hydrogen-bond donors (Lipinski definition) is 0. The zero-order valence-electron chi connectivity index (χ0n) is 17.9. The lowest BCUT2D eigenvalue weighted by atomic mass is 9.71. The van der Waals surface area contributed by atoms with Crippen LogP contribution in [0.3, 0.4) is 0 Å². The first kappa shape index (κ1) is 19.6. The molecule has 0 aromatic heterocycles. The van der Waals surface area contributed by atoms with E-state index in [0.717, 1.165) is 5.92 Å². The molecule has 3 fully saturated rings. The number of nitrogens with zero attached hydrogens (tertiary/aromatic N) is 3. The van der Waals surface area contributed by atoms with Gasteiger partial charge in [0, 0.05) is 24.2 Å². The van der Waals surface area contributed by atoms with Crippen molar-refractivity contribution >= 4 is 0 Å². The Bertz CT molecular complexity index is 421. The maximum atomic E-state index is 2.75. The topological polar surface area (TPSA) is 9.72 Å². The molecule has 0 atom stereocenters. The minimum Gasteiger partial charge on any atom is -0.302 e. The van der Waals surface area contributed by atoms with Gasteiger partial charge in [-0.15, -0.1) is 0 Å². The molecule has 0 amide bonds. The first-order valence-electron chi connectivity index (χ1n) is 10.8. The Balaban J connectivity index is 1.33. The van der Waals surface area contributed by atoms with Gasteiger partial charge in [0.1, 0.15) is 0 Å². The van der Waals surface area contributed by atoms with Crippen molar-refractivity contribution in [3.05, 3.63) is 0 Å². The average molecular weight is 350 g/mol. The maximum absolute atomic E-state index is 2.75. The summed E-state index contributed by atoms with van der Waals surface area (Å²) in [4.78, 5) is 8.11. The molecule has 3 heteroatoms. The Labute approximate surface area is 157 Å². The summed E-state index contributed by atoms with van der Waals surface area (Å²) < 4.78 is 0. The van der Waals surface area contributed by atoms with E-state index in [-0.39, 0.29) is 0 Å². The van der Waals surface area contributed by atoms with Crippen molar-refractivity contribution < 1.29 is 0 Å². The van der Waals surface area contributed by atoms with Crippen LogP contribution in [-0.4, -0.2) is 71.6 Å². The van der Waals surface area contributed by atoms with E-state index >= 15 is 0 Å². The summed E-state index contributed by atoms with van der Waals surface area (Å²) in [6.45, 7) is 23.5. The van der Waals surface area contributed by atoms with Crippen LogP contribution in [0.5, 0.6) is 0 Å². The van der Waals surface area contributed by atoms with Gasteiger partial charge in [-0.1, -0.05) is 0 Å². The highest BCUT2D eigenvalue weighted by molar-refractivity contribution is 4.99. The lowest BCUT2D eigenvalue weighted by Gasteiger charge is -2.56. The van der Waals surface area contributed by atoms with Crippen molar-refractivity contribution in [3.63, 3.8) is 0 Å². The number of piperidine rings is 2. The highest BCUT2D eigenvalue weighted by atomic mass is 15.2. The predicted molar refractivity (Wildman–Crippen MR) is 108 cm³/mol. The molecule has 25 heavy (non-hydrogen) atoms. The van der Waals surface area contributed by atoms with Crippen LogP contribution < -0.4 is 0 Å². The molecular weight excluding hydrogens is 306 g/mol. The van der Waals surface area contributed by atoms with Gasteiger partial charge in [-0.2, -0.15) is 0 Å². The van der Waals surface area contributed by atoms with Crippen LogP contribution in [-0.2, 0) is 0 Å². The van der Waals surface area contributed by atoms with Crippen LogP contribution in [0.2, 0.25) is 0 Å². The van der Waals surface area contributed by atoms with Crippen LogP contribution in [0.4, 0.5) is 0 Å². The van der Waals surface area contributed by atoms with Crippen LogP contribution in [0.25, 0.3) is 0 Å². The zero-order chi connectivity index (χ0) is 18.3. The number of rotatable bonds is 3. The average Bonchev–Trinajstić information content (AvgIpc) is 2.50. The normalized spacial score (nSPS) is 27.6. The van der Waals surface area contributed by atoms with Gasteiger partial charge in [-0.05, 0) is 118 Å². The van der Waals surface area contributed by atoms with E-state index in [9.17, 15) is 0 Å². The summed E-state index contributed by atoms with van der Waals surface area (Å²) in [6, 6.07) is 0. The van der Waals surface area contributed by atoms with Crippen molar-refractivity contribution in [1.82, 2.24) is 14.7 Å². The van der Waals surface area contributed by atoms with Crippen LogP contribution in [0.15, 0.2) is 0 Å². The van der Waals surface area contributed by atoms with Gasteiger partial charge in [-0.3, -0.25) is 9.80 Å². The van der Waals surface area contributed by atoms with Gasteiger partial charge in [-0.25, -0.2) is 0 Å². The summed E-state index contributed by atoms with van der Waals surface area (Å²) in [5.74, 6) is 0.970. The summed E-state index contributed by atoms with van der Waals surface area (Å²) in [5, 5.41) is 0. The molecule has 0 radical (unpaired) electrons. The fraction of sp³-hybridized carbons (Fsp3) is 1.00. The third kappa shape index (κ3) is 4.78. The number of likely N-dealkylation sites (tertiary alicyclic amines) is 3. The van der Waals surface area contributed by atoms with Gasteiger partial charge >= 0.3 is 0 Å². The molecule has 3 heterocycles. The zero-order valence-corrected chi connectivity index (χ0v) is 17.9. The fourth-order valence-corrected chi connectivity index (χ4v) is 5.29.